The van der Waals surface area contributed by atoms with E-state index < -0.39 is 22.0 Å². The van der Waals surface area contributed by atoms with Crippen LogP contribution in [-0.2, 0) is 14.8 Å². The molecule has 0 aliphatic rings. The Bertz CT molecular complexity index is 882. The largest absolute Gasteiger partial charge is 0.496 e. The maximum atomic E-state index is 12.6. The first-order valence-electron chi connectivity index (χ1n) is 7.33. The number of nitrogens with one attached hydrogen (secondary N) is 1. The van der Waals surface area contributed by atoms with Crippen LogP contribution in [0.15, 0.2) is 47.4 Å². The molecule has 0 saturated carbocycles. The highest BCUT2D eigenvalue weighted by molar-refractivity contribution is 7.89. The van der Waals surface area contributed by atoms with Gasteiger partial charge < -0.3 is 9.47 Å². The lowest BCUT2D eigenvalue weighted by Gasteiger charge is -2.17. The first kappa shape index (κ1) is 19.2. The monoisotopic (exact) mass is 383 g/mol. The van der Waals surface area contributed by atoms with Crippen molar-refractivity contribution in [3.05, 3.63) is 58.6 Å². The predicted molar refractivity (Wildman–Crippen MR) is 94.5 cm³/mol. The van der Waals surface area contributed by atoms with E-state index in [1.165, 1.54) is 32.4 Å². The second kappa shape index (κ2) is 7.86. The van der Waals surface area contributed by atoms with E-state index in [9.17, 15) is 13.2 Å². The summed E-state index contributed by atoms with van der Waals surface area (Å²) in [5, 5.41) is 0.114. The predicted octanol–water partition coefficient (Wildman–Crippen LogP) is 3.17. The van der Waals surface area contributed by atoms with Gasteiger partial charge in [0, 0.05) is 11.6 Å². The molecule has 0 aromatic heterocycles. The van der Waals surface area contributed by atoms with Crippen molar-refractivity contribution in [2.45, 2.75) is 17.9 Å². The molecule has 0 fully saturated rings. The summed E-state index contributed by atoms with van der Waals surface area (Å²) >= 11 is 5.93. The molecule has 0 saturated heterocycles. The fourth-order valence-electron chi connectivity index (χ4n) is 2.33. The quantitative estimate of drug-likeness (QED) is 0.775. The van der Waals surface area contributed by atoms with Gasteiger partial charge in [0.05, 0.1) is 29.7 Å². The van der Waals surface area contributed by atoms with Crippen LogP contribution < -0.4 is 9.46 Å². The van der Waals surface area contributed by atoms with Gasteiger partial charge in [-0.25, -0.2) is 17.9 Å². The molecule has 2 aromatic carbocycles. The standard InChI is InChI=1S/C17H18ClNO5S/c1-11(13-6-4-5-7-16(13)23-2)19-25(21,22)12-8-9-15(18)14(10-12)17(20)24-3/h4-11,19H,1-3H3/t11-/m1/s1. The van der Waals surface area contributed by atoms with Crippen LogP contribution in [0.4, 0.5) is 0 Å². The molecule has 0 amide bonds. The van der Waals surface area contributed by atoms with Crippen LogP contribution in [0.25, 0.3) is 0 Å². The Kier molecular flexibility index (Phi) is 6.05. The Morgan fingerprint density at radius 1 is 1.16 bits per heavy atom. The van der Waals surface area contributed by atoms with E-state index in [-0.39, 0.29) is 15.5 Å². The van der Waals surface area contributed by atoms with Gasteiger partial charge in [-0.3, -0.25) is 0 Å². The summed E-state index contributed by atoms with van der Waals surface area (Å²) in [4.78, 5) is 11.6. The van der Waals surface area contributed by atoms with E-state index in [1.54, 1.807) is 31.2 Å². The Morgan fingerprint density at radius 3 is 2.48 bits per heavy atom. The highest BCUT2D eigenvalue weighted by Crippen LogP contribution is 2.27. The minimum Gasteiger partial charge on any atom is -0.496 e. The number of carbonyl (C=O) groups is 1. The molecule has 0 heterocycles. The van der Waals surface area contributed by atoms with Crippen LogP contribution in [-0.4, -0.2) is 28.6 Å². The first-order chi connectivity index (χ1) is 11.8. The maximum absolute atomic E-state index is 12.6. The fraction of sp³-hybridized carbons (Fsp3) is 0.235. The van der Waals surface area contributed by atoms with Crippen LogP contribution in [0.2, 0.25) is 5.02 Å². The van der Waals surface area contributed by atoms with E-state index in [0.29, 0.717) is 11.3 Å². The van der Waals surface area contributed by atoms with Gasteiger partial charge in [0.15, 0.2) is 0 Å². The van der Waals surface area contributed by atoms with E-state index in [4.69, 9.17) is 16.3 Å². The highest BCUT2D eigenvalue weighted by atomic mass is 35.5. The zero-order valence-electron chi connectivity index (χ0n) is 13.9. The van der Waals surface area contributed by atoms with Crippen molar-refractivity contribution in [2.75, 3.05) is 14.2 Å². The molecule has 0 radical (unpaired) electrons. The summed E-state index contributed by atoms with van der Waals surface area (Å²) < 4.78 is 37.7. The fourth-order valence-corrected chi connectivity index (χ4v) is 3.77. The van der Waals surface area contributed by atoms with Crippen molar-refractivity contribution >= 4 is 27.6 Å². The number of esters is 1. The molecule has 0 aliphatic heterocycles. The second-order valence-corrected chi connectivity index (χ2v) is 7.34. The second-order valence-electron chi connectivity index (χ2n) is 5.22. The Hall–Kier alpha value is -2.09. The number of ether oxygens (including phenoxy) is 2. The summed E-state index contributed by atoms with van der Waals surface area (Å²) in [6.45, 7) is 1.70. The van der Waals surface area contributed by atoms with Gasteiger partial charge in [-0.15, -0.1) is 0 Å². The van der Waals surface area contributed by atoms with Crippen LogP contribution >= 0.6 is 11.6 Å². The number of carbonyl (C=O) groups excluding carboxylic acids is 1. The van der Waals surface area contributed by atoms with Gasteiger partial charge in [-0.2, -0.15) is 0 Å². The molecule has 134 valence electrons. The van der Waals surface area contributed by atoms with E-state index in [2.05, 4.69) is 9.46 Å². The summed E-state index contributed by atoms with van der Waals surface area (Å²) in [6, 6.07) is 10.4. The van der Waals surface area contributed by atoms with E-state index in [0.717, 1.165) is 0 Å². The summed E-state index contributed by atoms with van der Waals surface area (Å²) in [5.41, 5.74) is 0.674. The normalized spacial score (nSPS) is 12.5. The first-order valence-corrected chi connectivity index (χ1v) is 9.19. The van der Waals surface area contributed by atoms with Crippen molar-refractivity contribution in [3.63, 3.8) is 0 Å². The number of rotatable bonds is 6. The number of halogens is 1. The lowest BCUT2D eigenvalue weighted by atomic mass is 10.1. The third-order valence-electron chi connectivity index (χ3n) is 3.59. The third-order valence-corrected chi connectivity index (χ3v) is 5.46. The summed E-state index contributed by atoms with van der Waals surface area (Å²) in [5.74, 6) is -0.135. The molecule has 6 nitrogen and oxygen atoms in total. The van der Waals surface area contributed by atoms with Crippen molar-refractivity contribution in [2.24, 2.45) is 0 Å². The number of hydrogen-bond acceptors (Lipinski definition) is 5. The molecule has 25 heavy (non-hydrogen) atoms. The van der Waals surface area contributed by atoms with Crippen LogP contribution in [0.1, 0.15) is 28.9 Å². The van der Waals surface area contributed by atoms with Crippen LogP contribution in [0, 0.1) is 0 Å². The molecule has 0 bridgehead atoms. The zero-order valence-corrected chi connectivity index (χ0v) is 15.5. The molecule has 2 aromatic rings. The molecular formula is C17H18ClNO5S. The van der Waals surface area contributed by atoms with Gasteiger partial charge in [-0.05, 0) is 31.2 Å². The number of para-hydroxylation sites is 1. The highest BCUT2D eigenvalue weighted by Gasteiger charge is 2.22. The minimum atomic E-state index is -3.89. The lowest BCUT2D eigenvalue weighted by molar-refractivity contribution is 0.0600. The van der Waals surface area contributed by atoms with Crippen LogP contribution in [0.3, 0.4) is 0 Å². The van der Waals surface area contributed by atoms with E-state index >= 15 is 0 Å². The molecule has 1 N–H and O–H groups in total. The number of sulfonamides is 1. The molecule has 2 rings (SSSR count). The third kappa shape index (κ3) is 4.31. The average molecular weight is 384 g/mol. The van der Waals surface area contributed by atoms with Crippen molar-refractivity contribution in [1.29, 1.82) is 0 Å². The molecule has 0 spiro atoms. The van der Waals surface area contributed by atoms with E-state index in [1.807, 2.05) is 0 Å². The summed E-state index contributed by atoms with van der Waals surface area (Å²) in [7, 11) is -1.17. The van der Waals surface area contributed by atoms with Crippen molar-refractivity contribution < 1.29 is 22.7 Å². The zero-order chi connectivity index (χ0) is 18.6. The van der Waals surface area contributed by atoms with Gasteiger partial charge in [0.25, 0.3) is 0 Å². The number of methoxy groups -OCH3 is 2. The topological polar surface area (TPSA) is 81.7 Å². The van der Waals surface area contributed by atoms with Crippen molar-refractivity contribution in [3.8, 4) is 5.75 Å². The SMILES string of the molecule is COC(=O)c1cc(S(=O)(=O)N[C@H](C)c2ccccc2OC)ccc1Cl. The van der Waals surface area contributed by atoms with Crippen molar-refractivity contribution in [1.82, 2.24) is 4.72 Å². The molecule has 0 aliphatic carbocycles. The minimum absolute atomic E-state index is 0.0167. The van der Waals surface area contributed by atoms with Gasteiger partial charge in [0.2, 0.25) is 10.0 Å². The number of benzene rings is 2. The Labute approximate surface area is 151 Å². The van der Waals surface area contributed by atoms with Gasteiger partial charge >= 0.3 is 5.97 Å². The van der Waals surface area contributed by atoms with Gasteiger partial charge in [0.1, 0.15) is 5.75 Å². The maximum Gasteiger partial charge on any atom is 0.339 e. The molecular weight excluding hydrogens is 366 g/mol. The summed E-state index contributed by atoms with van der Waals surface area (Å²) in [6.07, 6.45) is 0. The van der Waals surface area contributed by atoms with Gasteiger partial charge in [-0.1, -0.05) is 29.8 Å². The molecule has 0 unspecified atom stereocenters. The number of hydrogen-bond donors (Lipinski definition) is 1. The molecule has 8 heteroatoms. The Morgan fingerprint density at radius 2 is 1.84 bits per heavy atom. The average Bonchev–Trinajstić information content (AvgIpc) is 2.60. The molecule has 1 atom stereocenters. The smallest absolute Gasteiger partial charge is 0.339 e. The Balaban J connectivity index is 2.34. The van der Waals surface area contributed by atoms with Crippen LogP contribution in [0.5, 0.6) is 5.75 Å². The lowest BCUT2D eigenvalue weighted by Crippen LogP contribution is -2.27.